The first-order valence-corrected chi connectivity index (χ1v) is 11.4. The summed E-state index contributed by atoms with van der Waals surface area (Å²) in [4.78, 5) is 4.53. The van der Waals surface area contributed by atoms with E-state index in [0.29, 0.717) is 27.4 Å². The predicted octanol–water partition coefficient (Wildman–Crippen LogP) is 8.24. The van der Waals surface area contributed by atoms with E-state index in [4.69, 9.17) is 23.2 Å². The Kier molecular flexibility index (Phi) is 5.66. The molecule has 0 aliphatic rings. The first-order valence-electron chi connectivity index (χ1n) is 9.77. The van der Waals surface area contributed by atoms with Crippen LogP contribution in [0.5, 0.6) is 5.88 Å². The molecule has 3 aromatic carbocycles. The lowest BCUT2D eigenvalue weighted by Crippen LogP contribution is -1.99. The molecule has 2 heterocycles. The van der Waals surface area contributed by atoms with Crippen molar-refractivity contribution in [3.63, 3.8) is 0 Å². The summed E-state index contributed by atoms with van der Waals surface area (Å²) in [5.74, 6) is 0.0318. The quantitative estimate of drug-likeness (QED) is 0.258. The third-order valence-corrected chi connectivity index (χ3v) is 6.42. The Balaban J connectivity index is 1.50. The Morgan fingerprint density at radius 3 is 2.47 bits per heavy atom. The van der Waals surface area contributed by atoms with E-state index in [-0.39, 0.29) is 5.88 Å². The fraction of sp³-hybridized carbons (Fsp3) is 0.0417. The summed E-state index contributed by atoms with van der Waals surface area (Å²) in [6.45, 7) is 0.416. The van der Waals surface area contributed by atoms with Crippen LogP contribution in [0.4, 0.5) is 10.8 Å². The molecular formula is C24H16Cl2N4OS. The van der Waals surface area contributed by atoms with Crippen molar-refractivity contribution in [2.45, 2.75) is 6.54 Å². The van der Waals surface area contributed by atoms with E-state index in [1.807, 2.05) is 78.2 Å². The highest BCUT2D eigenvalue weighted by molar-refractivity contribution is 7.13. The molecule has 2 aromatic heterocycles. The number of rotatable bonds is 5. The third kappa shape index (κ3) is 4.00. The maximum absolute atomic E-state index is 11.0. The molecule has 0 amide bonds. The van der Waals surface area contributed by atoms with Crippen LogP contribution in [0.25, 0.3) is 22.2 Å². The minimum absolute atomic E-state index is 0.0318. The van der Waals surface area contributed by atoms with Crippen molar-refractivity contribution in [1.82, 2.24) is 9.55 Å². The molecule has 0 spiro atoms. The maximum Gasteiger partial charge on any atom is 0.230 e. The van der Waals surface area contributed by atoms with Gasteiger partial charge in [0, 0.05) is 26.4 Å². The zero-order valence-corrected chi connectivity index (χ0v) is 18.9. The number of nitrogens with zero attached hydrogens (tertiary/aromatic N) is 4. The van der Waals surface area contributed by atoms with Gasteiger partial charge in [-0.05, 0) is 29.8 Å². The van der Waals surface area contributed by atoms with Crippen LogP contribution in [-0.4, -0.2) is 14.7 Å². The van der Waals surface area contributed by atoms with Crippen LogP contribution >= 0.6 is 34.5 Å². The summed E-state index contributed by atoms with van der Waals surface area (Å²) in [5, 5.41) is 24.2. The molecule has 0 aliphatic carbocycles. The molecule has 0 saturated heterocycles. The van der Waals surface area contributed by atoms with E-state index in [0.717, 1.165) is 27.7 Å². The Morgan fingerprint density at radius 1 is 0.906 bits per heavy atom. The molecule has 0 aliphatic heterocycles. The molecule has 0 radical (unpaired) electrons. The van der Waals surface area contributed by atoms with Crippen LogP contribution in [0.1, 0.15) is 5.56 Å². The van der Waals surface area contributed by atoms with E-state index in [1.54, 1.807) is 4.57 Å². The van der Waals surface area contributed by atoms with Crippen molar-refractivity contribution in [3.05, 3.63) is 93.8 Å². The van der Waals surface area contributed by atoms with Gasteiger partial charge in [-0.1, -0.05) is 71.7 Å². The molecule has 0 fully saturated rings. The lowest BCUT2D eigenvalue weighted by Gasteiger charge is -2.08. The van der Waals surface area contributed by atoms with Gasteiger partial charge < -0.3 is 9.67 Å². The van der Waals surface area contributed by atoms with Gasteiger partial charge in [-0.25, -0.2) is 4.98 Å². The average Bonchev–Trinajstić information content (AvgIpc) is 3.38. The molecule has 158 valence electrons. The summed E-state index contributed by atoms with van der Waals surface area (Å²) in [5.41, 5.74) is 3.90. The fourth-order valence-corrected chi connectivity index (χ4v) is 4.45. The van der Waals surface area contributed by atoms with Gasteiger partial charge in [-0.2, -0.15) is 0 Å². The molecular weight excluding hydrogens is 463 g/mol. The second kappa shape index (κ2) is 8.74. The Hall–Kier alpha value is -3.19. The molecule has 32 heavy (non-hydrogen) atoms. The number of fused-ring (bicyclic) bond motifs is 1. The standard InChI is InChI=1S/C24H16Cl2N4OS/c25-17-11-9-15(10-12-17)20-14-32-24(27-20)29-28-22-18-6-2-4-8-21(18)30(23(22)31)13-16-5-1-3-7-19(16)26/h1-12,14,31H,13H2. The molecule has 0 unspecified atom stereocenters. The summed E-state index contributed by atoms with van der Waals surface area (Å²) in [6.07, 6.45) is 0. The highest BCUT2D eigenvalue weighted by Crippen LogP contribution is 2.40. The number of azo groups is 1. The molecule has 8 heteroatoms. The van der Waals surface area contributed by atoms with Crippen LogP contribution in [0.15, 0.2) is 88.4 Å². The van der Waals surface area contributed by atoms with E-state index < -0.39 is 0 Å². The van der Waals surface area contributed by atoms with Gasteiger partial charge in [0.2, 0.25) is 11.0 Å². The number of hydrogen-bond donors (Lipinski definition) is 1. The van der Waals surface area contributed by atoms with E-state index >= 15 is 0 Å². The molecule has 0 bridgehead atoms. The van der Waals surface area contributed by atoms with Gasteiger partial charge in [-0.15, -0.1) is 21.6 Å². The van der Waals surface area contributed by atoms with Crippen molar-refractivity contribution < 1.29 is 5.11 Å². The molecule has 0 atom stereocenters. The fourth-order valence-electron chi connectivity index (χ4n) is 3.48. The number of halogens is 2. The van der Waals surface area contributed by atoms with Crippen molar-refractivity contribution in [2.24, 2.45) is 10.2 Å². The van der Waals surface area contributed by atoms with Crippen LogP contribution in [0, 0.1) is 0 Å². The lowest BCUT2D eigenvalue weighted by atomic mass is 10.2. The molecule has 5 nitrogen and oxygen atoms in total. The minimum atomic E-state index is 0.0318. The summed E-state index contributed by atoms with van der Waals surface area (Å²) in [6, 6.07) is 22.7. The smallest absolute Gasteiger partial charge is 0.230 e. The number of aromatic hydroxyl groups is 1. The van der Waals surface area contributed by atoms with Crippen molar-refractivity contribution >= 4 is 56.3 Å². The number of hydrogen-bond acceptors (Lipinski definition) is 5. The number of thiazole rings is 1. The average molecular weight is 479 g/mol. The Labute approximate surface area is 198 Å². The zero-order valence-electron chi connectivity index (χ0n) is 16.6. The highest BCUT2D eigenvalue weighted by atomic mass is 35.5. The van der Waals surface area contributed by atoms with Crippen molar-refractivity contribution in [2.75, 3.05) is 0 Å². The summed E-state index contributed by atoms with van der Waals surface area (Å²) in [7, 11) is 0. The van der Waals surface area contributed by atoms with Gasteiger partial charge in [0.25, 0.3) is 0 Å². The second-order valence-electron chi connectivity index (χ2n) is 7.09. The number of aromatic nitrogens is 2. The van der Waals surface area contributed by atoms with Gasteiger partial charge >= 0.3 is 0 Å². The van der Waals surface area contributed by atoms with Crippen molar-refractivity contribution in [1.29, 1.82) is 0 Å². The lowest BCUT2D eigenvalue weighted by molar-refractivity contribution is 0.429. The molecule has 5 aromatic rings. The van der Waals surface area contributed by atoms with E-state index in [9.17, 15) is 5.11 Å². The van der Waals surface area contributed by atoms with E-state index in [1.165, 1.54) is 11.3 Å². The van der Waals surface area contributed by atoms with Gasteiger partial charge in [-0.3, -0.25) is 0 Å². The second-order valence-corrected chi connectivity index (χ2v) is 8.77. The molecule has 5 rings (SSSR count). The topological polar surface area (TPSA) is 62.8 Å². The van der Waals surface area contributed by atoms with Crippen LogP contribution in [-0.2, 0) is 6.54 Å². The maximum atomic E-state index is 11.0. The van der Waals surface area contributed by atoms with Gasteiger partial charge in [0.05, 0.1) is 17.8 Å². The largest absolute Gasteiger partial charge is 0.493 e. The van der Waals surface area contributed by atoms with Crippen LogP contribution in [0.3, 0.4) is 0 Å². The molecule has 1 N–H and O–H groups in total. The summed E-state index contributed by atoms with van der Waals surface area (Å²) >= 11 is 13.7. The summed E-state index contributed by atoms with van der Waals surface area (Å²) < 4.78 is 1.78. The Morgan fingerprint density at radius 2 is 1.66 bits per heavy atom. The highest BCUT2D eigenvalue weighted by Gasteiger charge is 2.17. The van der Waals surface area contributed by atoms with E-state index in [2.05, 4.69) is 15.2 Å². The SMILES string of the molecule is Oc1c(N=Nc2nc(-c3ccc(Cl)cc3)cs2)c2ccccc2n1Cc1ccccc1Cl. The van der Waals surface area contributed by atoms with Gasteiger partial charge in [0.1, 0.15) is 0 Å². The predicted molar refractivity (Wildman–Crippen MR) is 131 cm³/mol. The zero-order chi connectivity index (χ0) is 22.1. The number of para-hydroxylation sites is 1. The first kappa shape index (κ1) is 20.7. The normalized spacial score (nSPS) is 11.6. The van der Waals surface area contributed by atoms with Crippen molar-refractivity contribution in [3.8, 4) is 17.1 Å². The third-order valence-electron chi connectivity index (χ3n) is 5.07. The van der Waals surface area contributed by atoms with Crippen LogP contribution in [0.2, 0.25) is 10.0 Å². The van der Waals surface area contributed by atoms with Gasteiger partial charge in [0.15, 0.2) is 5.69 Å². The number of benzene rings is 3. The minimum Gasteiger partial charge on any atom is -0.493 e. The monoisotopic (exact) mass is 478 g/mol. The Bertz CT molecular complexity index is 1440. The first-order chi connectivity index (χ1) is 15.6. The molecule has 0 saturated carbocycles. The van der Waals surface area contributed by atoms with Crippen LogP contribution < -0.4 is 0 Å².